The fraction of sp³-hybridized carbons (Fsp3) is 0.333. The van der Waals surface area contributed by atoms with Crippen molar-refractivity contribution in [1.82, 2.24) is 25.3 Å². The zero-order valence-electron chi connectivity index (χ0n) is 14.4. The van der Waals surface area contributed by atoms with Gasteiger partial charge in [0.1, 0.15) is 17.8 Å². The minimum absolute atomic E-state index is 0.0184. The van der Waals surface area contributed by atoms with Gasteiger partial charge in [-0.1, -0.05) is 0 Å². The number of aromatic amines is 1. The fourth-order valence-corrected chi connectivity index (χ4v) is 3.33. The first-order chi connectivity index (χ1) is 12.8. The predicted octanol–water partition coefficient (Wildman–Crippen LogP) is 1.55. The first kappa shape index (κ1) is 16.3. The number of nitrogens with zero attached hydrogens (tertiary/aromatic N) is 4. The molecule has 26 heavy (non-hydrogen) atoms. The van der Waals surface area contributed by atoms with E-state index in [2.05, 4.69) is 35.5 Å². The molecule has 1 amide bonds. The Bertz CT molecular complexity index is 879. The van der Waals surface area contributed by atoms with Crippen LogP contribution in [0.15, 0.2) is 43.1 Å². The number of carbonyl (C=O) groups is 1. The maximum absolute atomic E-state index is 12.3. The third kappa shape index (κ3) is 3.58. The lowest BCUT2D eigenvalue weighted by Crippen LogP contribution is -2.49. The van der Waals surface area contributed by atoms with Crippen LogP contribution in [0.25, 0.3) is 11.0 Å². The Balaban J connectivity index is 1.36. The molecule has 3 aromatic rings. The van der Waals surface area contributed by atoms with E-state index in [9.17, 15) is 4.79 Å². The molecule has 0 radical (unpaired) electrons. The SMILES string of the molecule is O=C(CNc1cccnc1)N[C@@H]1CCCN(c2ncnc3[nH]ccc23)C1. The average Bonchev–Trinajstić information content (AvgIpc) is 3.16. The van der Waals surface area contributed by atoms with Gasteiger partial charge < -0.3 is 20.5 Å². The van der Waals surface area contributed by atoms with Crippen LogP contribution in [-0.2, 0) is 4.79 Å². The van der Waals surface area contributed by atoms with Crippen LogP contribution < -0.4 is 15.5 Å². The third-order valence-corrected chi connectivity index (χ3v) is 4.53. The molecule has 3 aromatic heterocycles. The van der Waals surface area contributed by atoms with Crippen molar-refractivity contribution in [3.63, 3.8) is 0 Å². The average molecular weight is 351 g/mol. The molecule has 1 fully saturated rings. The Labute approximate surface area is 151 Å². The highest BCUT2D eigenvalue weighted by Crippen LogP contribution is 2.24. The summed E-state index contributed by atoms with van der Waals surface area (Å²) in [6.07, 6.45) is 8.83. The van der Waals surface area contributed by atoms with Crippen molar-refractivity contribution in [2.45, 2.75) is 18.9 Å². The minimum atomic E-state index is -0.0184. The van der Waals surface area contributed by atoms with Crippen molar-refractivity contribution in [3.8, 4) is 0 Å². The van der Waals surface area contributed by atoms with Crippen molar-refractivity contribution in [2.24, 2.45) is 0 Å². The molecule has 0 spiro atoms. The number of pyridine rings is 1. The summed E-state index contributed by atoms with van der Waals surface area (Å²) in [5, 5.41) is 7.21. The summed E-state index contributed by atoms with van der Waals surface area (Å²) in [5.74, 6) is 0.902. The molecule has 1 saturated heterocycles. The van der Waals surface area contributed by atoms with E-state index in [4.69, 9.17) is 0 Å². The van der Waals surface area contributed by atoms with Crippen LogP contribution in [0, 0.1) is 0 Å². The second-order valence-electron chi connectivity index (χ2n) is 6.39. The Kier molecular flexibility index (Phi) is 4.63. The molecule has 0 saturated carbocycles. The smallest absolute Gasteiger partial charge is 0.239 e. The molecule has 134 valence electrons. The molecule has 8 nitrogen and oxygen atoms in total. The number of rotatable bonds is 5. The number of H-pyrrole nitrogens is 1. The number of nitrogens with one attached hydrogen (secondary N) is 3. The number of fused-ring (bicyclic) bond motifs is 1. The number of hydrogen-bond acceptors (Lipinski definition) is 6. The van der Waals surface area contributed by atoms with Gasteiger partial charge in [-0.05, 0) is 31.0 Å². The Hall–Kier alpha value is -3.16. The standard InChI is InChI=1S/C18H21N7O/c26-16(10-21-13-3-1-6-19-9-13)24-14-4-2-8-25(11-14)18-15-5-7-20-17(15)22-12-23-18/h1,3,5-7,9,12,14,21H,2,4,8,10-11H2,(H,24,26)(H,20,22,23)/t14-/m1/s1. The monoisotopic (exact) mass is 351 g/mol. The van der Waals surface area contributed by atoms with Gasteiger partial charge in [0.15, 0.2) is 0 Å². The lowest BCUT2D eigenvalue weighted by Gasteiger charge is -2.34. The fourth-order valence-electron chi connectivity index (χ4n) is 3.33. The minimum Gasteiger partial charge on any atom is -0.375 e. The van der Waals surface area contributed by atoms with Crippen LogP contribution in [-0.4, -0.2) is 51.5 Å². The molecule has 1 atom stereocenters. The Morgan fingerprint density at radius 1 is 1.35 bits per heavy atom. The molecule has 8 heteroatoms. The number of carbonyl (C=O) groups excluding carboxylic acids is 1. The highest BCUT2D eigenvalue weighted by atomic mass is 16.2. The van der Waals surface area contributed by atoms with Gasteiger partial charge in [0, 0.05) is 37.7 Å². The maximum atomic E-state index is 12.3. The van der Waals surface area contributed by atoms with Crippen LogP contribution in [0.3, 0.4) is 0 Å². The van der Waals surface area contributed by atoms with Crippen LogP contribution in [0.2, 0.25) is 0 Å². The zero-order chi connectivity index (χ0) is 17.8. The number of hydrogen-bond donors (Lipinski definition) is 3. The summed E-state index contributed by atoms with van der Waals surface area (Å²) in [6.45, 7) is 1.91. The van der Waals surface area contributed by atoms with E-state index in [1.807, 2.05) is 24.4 Å². The van der Waals surface area contributed by atoms with E-state index >= 15 is 0 Å². The molecule has 1 aliphatic heterocycles. The Morgan fingerprint density at radius 2 is 2.31 bits per heavy atom. The van der Waals surface area contributed by atoms with Crippen molar-refractivity contribution in [3.05, 3.63) is 43.1 Å². The number of anilines is 2. The van der Waals surface area contributed by atoms with E-state index in [1.54, 1.807) is 18.7 Å². The molecule has 4 rings (SSSR count). The van der Waals surface area contributed by atoms with Gasteiger partial charge in [0.05, 0.1) is 17.6 Å². The maximum Gasteiger partial charge on any atom is 0.239 e. The van der Waals surface area contributed by atoms with Crippen LogP contribution in [0.5, 0.6) is 0 Å². The van der Waals surface area contributed by atoms with Gasteiger partial charge in [0.25, 0.3) is 0 Å². The summed E-state index contributed by atoms with van der Waals surface area (Å²) < 4.78 is 0. The van der Waals surface area contributed by atoms with Crippen LogP contribution >= 0.6 is 0 Å². The van der Waals surface area contributed by atoms with Crippen molar-refractivity contribution < 1.29 is 4.79 Å². The molecular formula is C18H21N7O. The van der Waals surface area contributed by atoms with Crippen molar-refractivity contribution in [2.75, 3.05) is 29.9 Å². The van der Waals surface area contributed by atoms with Crippen molar-refractivity contribution >= 4 is 28.4 Å². The molecule has 0 bridgehead atoms. The molecule has 1 aliphatic rings. The van der Waals surface area contributed by atoms with Gasteiger partial charge in [-0.2, -0.15) is 0 Å². The van der Waals surface area contributed by atoms with Crippen LogP contribution in [0.4, 0.5) is 11.5 Å². The molecule has 0 aliphatic carbocycles. The van der Waals surface area contributed by atoms with Gasteiger partial charge in [0.2, 0.25) is 5.91 Å². The third-order valence-electron chi connectivity index (χ3n) is 4.53. The number of aromatic nitrogens is 4. The second kappa shape index (κ2) is 7.38. The van der Waals surface area contributed by atoms with Gasteiger partial charge in [-0.15, -0.1) is 0 Å². The normalized spacial score (nSPS) is 17.2. The second-order valence-corrected chi connectivity index (χ2v) is 6.39. The van der Waals surface area contributed by atoms with Gasteiger partial charge in [-0.3, -0.25) is 9.78 Å². The van der Waals surface area contributed by atoms with Gasteiger partial charge >= 0.3 is 0 Å². The number of piperidine rings is 1. The molecule has 0 aromatic carbocycles. The molecule has 4 heterocycles. The lowest BCUT2D eigenvalue weighted by molar-refractivity contribution is -0.120. The van der Waals surface area contributed by atoms with E-state index in [0.717, 1.165) is 48.5 Å². The predicted molar refractivity (Wildman–Crippen MR) is 100.0 cm³/mol. The lowest BCUT2D eigenvalue weighted by atomic mass is 10.1. The summed E-state index contributed by atoms with van der Waals surface area (Å²) in [7, 11) is 0. The summed E-state index contributed by atoms with van der Waals surface area (Å²) >= 11 is 0. The van der Waals surface area contributed by atoms with E-state index in [-0.39, 0.29) is 18.5 Å². The first-order valence-electron chi connectivity index (χ1n) is 8.76. The van der Waals surface area contributed by atoms with Crippen molar-refractivity contribution in [1.29, 1.82) is 0 Å². The highest BCUT2D eigenvalue weighted by molar-refractivity contribution is 5.87. The summed E-state index contributed by atoms with van der Waals surface area (Å²) in [6, 6.07) is 5.82. The highest BCUT2D eigenvalue weighted by Gasteiger charge is 2.23. The largest absolute Gasteiger partial charge is 0.375 e. The summed E-state index contributed by atoms with van der Waals surface area (Å²) in [4.78, 5) is 30.3. The van der Waals surface area contributed by atoms with Crippen LogP contribution in [0.1, 0.15) is 12.8 Å². The summed E-state index contributed by atoms with van der Waals surface area (Å²) in [5.41, 5.74) is 1.67. The topological polar surface area (TPSA) is 98.8 Å². The molecule has 0 unspecified atom stereocenters. The number of amides is 1. The van der Waals surface area contributed by atoms with E-state index < -0.39 is 0 Å². The quantitative estimate of drug-likeness (QED) is 0.645. The van der Waals surface area contributed by atoms with E-state index in [0.29, 0.717) is 0 Å². The van der Waals surface area contributed by atoms with E-state index in [1.165, 1.54) is 0 Å². The van der Waals surface area contributed by atoms with Gasteiger partial charge in [-0.25, -0.2) is 9.97 Å². The Morgan fingerprint density at radius 3 is 3.19 bits per heavy atom. The zero-order valence-corrected chi connectivity index (χ0v) is 14.4. The molecular weight excluding hydrogens is 330 g/mol. The first-order valence-corrected chi connectivity index (χ1v) is 8.76. The molecule has 3 N–H and O–H groups in total.